The number of morpholine rings is 1. The third kappa shape index (κ3) is 4.73. The van der Waals surface area contributed by atoms with Crippen molar-refractivity contribution in [1.29, 1.82) is 0 Å². The first-order valence-corrected chi connectivity index (χ1v) is 7.92. The van der Waals surface area contributed by atoms with Crippen LogP contribution in [-0.2, 0) is 18.3 Å². The second kappa shape index (κ2) is 9.07. The fourth-order valence-corrected chi connectivity index (χ4v) is 2.63. The van der Waals surface area contributed by atoms with E-state index in [2.05, 4.69) is 27.2 Å². The van der Waals surface area contributed by atoms with Gasteiger partial charge in [-0.2, -0.15) is 5.10 Å². The number of halogens is 1. The lowest BCUT2D eigenvalue weighted by Crippen LogP contribution is -2.48. The number of nitrogens with zero attached hydrogens (tertiary/aromatic N) is 4. The molecule has 0 aromatic carbocycles. The summed E-state index contributed by atoms with van der Waals surface area (Å²) >= 11 is 0. The maximum absolute atomic E-state index is 5.89. The van der Waals surface area contributed by atoms with Gasteiger partial charge in [-0.15, -0.1) is 24.0 Å². The van der Waals surface area contributed by atoms with E-state index in [9.17, 15) is 0 Å². The zero-order valence-electron chi connectivity index (χ0n) is 14.0. The Balaban J connectivity index is 0.00000208. The van der Waals surface area contributed by atoms with Crippen LogP contribution in [-0.4, -0.2) is 46.9 Å². The maximum atomic E-state index is 5.89. The second-order valence-electron chi connectivity index (χ2n) is 5.50. The molecule has 0 spiro atoms. The van der Waals surface area contributed by atoms with Gasteiger partial charge in [-0.25, -0.2) is 4.99 Å². The third-order valence-corrected chi connectivity index (χ3v) is 3.76. The summed E-state index contributed by atoms with van der Waals surface area (Å²) < 4.78 is 13.0. The molecule has 0 radical (unpaired) electrons. The van der Waals surface area contributed by atoms with Crippen molar-refractivity contribution in [3.05, 3.63) is 42.1 Å². The summed E-state index contributed by atoms with van der Waals surface area (Å²) in [5.41, 5.74) is 1.10. The zero-order chi connectivity index (χ0) is 16.1. The van der Waals surface area contributed by atoms with Gasteiger partial charge in [-0.3, -0.25) is 4.68 Å². The Labute approximate surface area is 159 Å². The van der Waals surface area contributed by atoms with Gasteiger partial charge in [-0.1, -0.05) is 0 Å². The SMILES string of the molecule is CCNC(=NCc1ccco1)N1CCOC(c2cnn(C)c2)C1.I. The summed E-state index contributed by atoms with van der Waals surface area (Å²) in [5, 5.41) is 7.58. The van der Waals surface area contributed by atoms with Crippen LogP contribution in [0, 0.1) is 0 Å². The fraction of sp³-hybridized carbons (Fsp3) is 0.500. The van der Waals surface area contributed by atoms with Gasteiger partial charge in [0, 0.05) is 31.9 Å². The number of furan rings is 1. The van der Waals surface area contributed by atoms with Crippen LogP contribution in [0.4, 0.5) is 0 Å². The van der Waals surface area contributed by atoms with Gasteiger partial charge in [-0.05, 0) is 19.1 Å². The molecule has 0 saturated carbocycles. The summed E-state index contributed by atoms with van der Waals surface area (Å²) in [7, 11) is 1.92. The van der Waals surface area contributed by atoms with Gasteiger partial charge in [0.2, 0.25) is 0 Å². The Morgan fingerprint density at radius 2 is 2.38 bits per heavy atom. The highest BCUT2D eigenvalue weighted by molar-refractivity contribution is 14.0. The Morgan fingerprint density at radius 1 is 1.50 bits per heavy atom. The van der Waals surface area contributed by atoms with Crippen LogP contribution in [0.25, 0.3) is 0 Å². The number of nitrogens with one attached hydrogen (secondary N) is 1. The van der Waals surface area contributed by atoms with Crippen LogP contribution in [0.2, 0.25) is 0 Å². The Hall–Kier alpha value is -1.55. The Morgan fingerprint density at radius 3 is 3.04 bits per heavy atom. The van der Waals surface area contributed by atoms with Crippen molar-refractivity contribution < 1.29 is 9.15 Å². The van der Waals surface area contributed by atoms with Crippen molar-refractivity contribution in [1.82, 2.24) is 20.0 Å². The third-order valence-electron chi connectivity index (χ3n) is 3.76. The standard InChI is InChI=1S/C16H23N5O2.HI/c1-3-17-16(18-10-14-5-4-7-22-14)21-6-8-23-15(12-21)13-9-19-20(2)11-13;/h4-5,7,9,11,15H,3,6,8,10,12H2,1-2H3,(H,17,18);1H. The molecule has 8 heteroatoms. The number of guanidine groups is 1. The highest BCUT2D eigenvalue weighted by Crippen LogP contribution is 2.21. The van der Waals surface area contributed by atoms with Crippen molar-refractivity contribution in [2.75, 3.05) is 26.2 Å². The lowest BCUT2D eigenvalue weighted by molar-refractivity contribution is -0.00806. The van der Waals surface area contributed by atoms with Crippen LogP contribution in [0.3, 0.4) is 0 Å². The van der Waals surface area contributed by atoms with E-state index in [4.69, 9.17) is 9.15 Å². The number of hydrogen-bond donors (Lipinski definition) is 1. The predicted molar refractivity (Wildman–Crippen MR) is 102 cm³/mol. The topological polar surface area (TPSA) is 67.8 Å². The van der Waals surface area contributed by atoms with Crippen molar-refractivity contribution in [2.24, 2.45) is 12.0 Å². The first-order valence-electron chi connectivity index (χ1n) is 7.92. The van der Waals surface area contributed by atoms with E-state index >= 15 is 0 Å². The molecule has 3 heterocycles. The molecule has 1 N–H and O–H groups in total. The first-order chi connectivity index (χ1) is 11.3. The molecule has 1 aliphatic heterocycles. The van der Waals surface area contributed by atoms with E-state index in [0.29, 0.717) is 13.2 Å². The van der Waals surface area contributed by atoms with Crippen molar-refractivity contribution in [3.8, 4) is 0 Å². The second-order valence-corrected chi connectivity index (χ2v) is 5.50. The van der Waals surface area contributed by atoms with Crippen molar-refractivity contribution >= 4 is 29.9 Å². The largest absolute Gasteiger partial charge is 0.467 e. The highest BCUT2D eigenvalue weighted by atomic mass is 127. The molecule has 3 rings (SSSR count). The zero-order valence-corrected chi connectivity index (χ0v) is 16.3. The van der Waals surface area contributed by atoms with Crippen LogP contribution in [0.5, 0.6) is 0 Å². The Bertz CT molecular complexity index is 641. The molecule has 0 bridgehead atoms. The first kappa shape index (κ1) is 18.8. The minimum absolute atomic E-state index is 0. The molecular formula is C16H24IN5O2. The molecule has 132 valence electrons. The molecule has 24 heavy (non-hydrogen) atoms. The van der Waals surface area contributed by atoms with Gasteiger partial charge in [0.15, 0.2) is 5.96 Å². The molecule has 7 nitrogen and oxygen atoms in total. The molecule has 1 atom stereocenters. The fourth-order valence-electron chi connectivity index (χ4n) is 2.63. The van der Waals surface area contributed by atoms with E-state index < -0.39 is 0 Å². The Kier molecular flexibility index (Phi) is 7.10. The van der Waals surface area contributed by atoms with Crippen LogP contribution >= 0.6 is 24.0 Å². The predicted octanol–water partition coefficient (Wildman–Crippen LogP) is 2.17. The molecule has 2 aromatic heterocycles. The van der Waals surface area contributed by atoms with E-state index in [1.54, 1.807) is 10.9 Å². The van der Waals surface area contributed by atoms with E-state index in [0.717, 1.165) is 36.9 Å². The molecule has 1 unspecified atom stereocenters. The summed E-state index contributed by atoms with van der Waals surface area (Å²) in [6.45, 7) is 5.68. The summed E-state index contributed by atoms with van der Waals surface area (Å²) in [6, 6.07) is 3.82. The number of ether oxygens (including phenoxy) is 1. The normalized spacial score (nSPS) is 18.3. The monoisotopic (exact) mass is 445 g/mol. The molecule has 0 amide bonds. The quantitative estimate of drug-likeness (QED) is 0.444. The smallest absolute Gasteiger partial charge is 0.194 e. The van der Waals surface area contributed by atoms with E-state index in [-0.39, 0.29) is 30.1 Å². The minimum atomic E-state index is 0. The number of aliphatic imine (C=N–C) groups is 1. The van der Waals surface area contributed by atoms with Gasteiger partial charge < -0.3 is 19.4 Å². The molecule has 1 fully saturated rings. The number of aromatic nitrogens is 2. The van der Waals surface area contributed by atoms with Crippen molar-refractivity contribution in [3.63, 3.8) is 0 Å². The van der Waals surface area contributed by atoms with E-state index in [1.807, 2.05) is 31.6 Å². The summed E-state index contributed by atoms with van der Waals surface area (Å²) in [4.78, 5) is 6.90. The van der Waals surface area contributed by atoms with Crippen LogP contribution in [0.15, 0.2) is 40.2 Å². The number of aryl methyl sites for hydroxylation is 1. The van der Waals surface area contributed by atoms with Gasteiger partial charge in [0.05, 0.1) is 25.6 Å². The average Bonchev–Trinajstić information content (AvgIpc) is 3.23. The number of rotatable bonds is 4. The summed E-state index contributed by atoms with van der Waals surface area (Å²) in [5.74, 6) is 1.75. The minimum Gasteiger partial charge on any atom is -0.467 e. The van der Waals surface area contributed by atoms with Gasteiger partial charge in [0.25, 0.3) is 0 Å². The van der Waals surface area contributed by atoms with Crippen molar-refractivity contribution in [2.45, 2.75) is 19.6 Å². The average molecular weight is 445 g/mol. The molecule has 2 aromatic rings. The van der Waals surface area contributed by atoms with Gasteiger partial charge >= 0.3 is 0 Å². The van der Waals surface area contributed by atoms with E-state index in [1.165, 1.54) is 0 Å². The van der Waals surface area contributed by atoms with Crippen LogP contribution < -0.4 is 5.32 Å². The molecule has 0 aliphatic carbocycles. The summed E-state index contributed by atoms with van der Waals surface area (Å²) in [6.07, 6.45) is 5.55. The maximum Gasteiger partial charge on any atom is 0.194 e. The lowest BCUT2D eigenvalue weighted by Gasteiger charge is -2.34. The highest BCUT2D eigenvalue weighted by Gasteiger charge is 2.25. The lowest BCUT2D eigenvalue weighted by atomic mass is 10.1. The van der Waals surface area contributed by atoms with Gasteiger partial charge in [0.1, 0.15) is 18.4 Å². The molecular weight excluding hydrogens is 421 g/mol. The molecule has 1 saturated heterocycles. The van der Waals surface area contributed by atoms with Crippen LogP contribution in [0.1, 0.15) is 24.4 Å². The number of hydrogen-bond acceptors (Lipinski definition) is 4. The molecule has 1 aliphatic rings.